The van der Waals surface area contributed by atoms with Crippen LogP contribution in [0.3, 0.4) is 0 Å². The predicted octanol–water partition coefficient (Wildman–Crippen LogP) is 3.77. The molecule has 2 aliphatic heterocycles. The van der Waals surface area contributed by atoms with Gasteiger partial charge in [0, 0.05) is 17.1 Å². The van der Waals surface area contributed by atoms with Crippen LogP contribution in [0.15, 0.2) is 22.6 Å². The van der Waals surface area contributed by atoms with Crippen molar-refractivity contribution < 1.29 is 23.0 Å². The molecule has 2 atom stereocenters. The molecule has 1 fully saturated rings. The molecule has 0 aromatic carbocycles. The van der Waals surface area contributed by atoms with E-state index < -0.39 is 18.1 Å². The molecule has 0 aliphatic carbocycles. The molecule has 0 spiro atoms. The number of hydrogen-bond donors (Lipinski definition) is 2. The second-order valence-corrected chi connectivity index (χ2v) is 10.2. The number of nitrogens with one attached hydrogen (secondary N) is 1. The summed E-state index contributed by atoms with van der Waals surface area (Å²) in [4.78, 5) is 26.0. The topological polar surface area (TPSA) is 112 Å². The smallest absolute Gasteiger partial charge is 0.387 e. The first kappa shape index (κ1) is 22.9. The number of thiazole rings is 1. The van der Waals surface area contributed by atoms with E-state index in [2.05, 4.69) is 33.9 Å². The molecule has 4 rings (SSSR count). The number of nitrogens with zero attached hydrogens (tertiary/aromatic N) is 3. The minimum Gasteiger partial charge on any atom is -0.433 e. The third kappa shape index (κ3) is 4.57. The number of rotatable bonds is 5. The molecule has 0 unspecified atom stereocenters. The molecular weight excluding hydrogens is 460 g/mol. The van der Waals surface area contributed by atoms with E-state index in [-0.39, 0.29) is 23.0 Å². The Balaban J connectivity index is 1.55. The van der Waals surface area contributed by atoms with Gasteiger partial charge in [-0.2, -0.15) is 8.78 Å². The van der Waals surface area contributed by atoms with Gasteiger partial charge in [-0.25, -0.2) is 15.0 Å². The van der Waals surface area contributed by atoms with E-state index in [1.807, 2.05) is 0 Å². The second-order valence-electron chi connectivity index (χ2n) is 8.34. The molecule has 2 aromatic rings. The fourth-order valence-electron chi connectivity index (χ4n) is 3.92. The zero-order valence-corrected chi connectivity index (χ0v) is 19.4. The molecule has 2 aromatic heterocycles. The molecule has 8 nitrogen and oxygen atoms in total. The third-order valence-electron chi connectivity index (χ3n) is 5.45. The van der Waals surface area contributed by atoms with Crippen molar-refractivity contribution in [3.8, 4) is 5.75 Å². The van der Waals surface area contributed by atoms with Crippen LogP contribution >= 0.6 is 23.1 Å². The van der Waals surface area contributed by atoms with Gasteiger partial charge in [-0.05, 0) is 38.8 Å². The van der Waals surface area contributed by atoms with E-state index in [1.165, 1.54) is 29.2 Å². The number of hydrogen-bond acceptors (Lipinski definition) is 9. The molecule has 1 saturated heterocycles. The molecule has 1 amide bonds. The number of pyridine rings is 1. The second kappa shape index (κ2) is 8.56. The number of anilines is 1. The summed E-state index contributed by atoms with van der Waals surface area (Å²) in [5, 5.41) is 5.67. The van der Waals surface area contributed by atoms with Gasteiger partial charge in [0.1, 0.15) is 27.8 Å². The largest absolute Gasteiger partial charge is 0.433 e. The van der Waals surface area contributed by atoms with Crippen molar-refractivity contribution in [3.05, 3.63) is 33.9 Å². The average molecular weight is 484 g/mol. The molecule has 32 heavy (non-hydrogen) atoms. The number of amides is 1. The Hall–Kier alpha value is -2.31. The summed E-state index contributed by atoms with van der Waals surface area (Å²) in [5.74, 6) is 0.763. The van der Waals surface area contributed by atoms with Crippen LogP contribution < -0.4 is 15.8 Å². The van der Waals surface area contributed by atoms with Gasteiger partial charge in [-0.15, -0.1) is 11.3 Å². The first-order valence-electron chi connectivity index (χ1n) is 9.89. The van der Waals surface area contributed by atoms with Crippen molar-refractivity contribution in [1.82, 2.24) is 9.97 Å². The third-order valence-corrected chi connectivity index (χ3v) is 7.41. The first-order chi connectivity index (χ1) is 15.1. The van der Waals surface area contributed by atoms with Gasteiger partial charge < -0.3 is 20.5 Å². The van der Waals surface area contributed by atoms with Crippen LogP contribution in [-0.2, 0) is 10.3 Å². The van der Waals surface area contributed by atoms with Crippen molar-refractivity contribution in [2.45, 2.75) is 44.9 Å². The molecule has 0 saturated carbocycles. The van der Waals surface area contributed by atoms with E-state index in [0.717, 1.165) is 23.4 Å². The Morgan fingerprint density at radius 2 is 2.22 bits per heavy atom. The molecule has 4 heterocycles. The number of amidine groups is 1. The zero-order valence-electron chi connectivity index (χ0n) is 17.7. The maximum absolute atomic E-state index is 12.7. The van der Waals surface area contributed by atoms with Crippen molar-refractivity contribution in [2.75, 3.05) is 17.7 Å². The van der Waals surface area contributed by atoms with Gasteiger partial charge in [0.25, 0.3) is 5.91 Å². The fourth-order valence-corrected chi connectivity index (χ4v) is 5.88. The number of aromatic nitrogens is 2. The molecular formula is C20H23F2N5O3S2. The maximum Gasteiger partial charge on any atom is 0.387 e. The summed E-state index contributed by atoms with van der Waals surface area (Å²) in [6.07, 6.45) is 1.90. The van der Waals surface area contributed by atoms with Crippen LogP contribution in [-0.4, -0.2) is 45.6 Å². The van der Waals surface area contributed by atoms with Crippen molar-refractivity contribution in [2.24, 2.45) is 16.6 Å². The molecule has 0 radical (unpaired) electrons. The van der Waals surface area contributed by atoms with Crippen LogP contribution in [0.25, 0.3) is 0 Å². The van der Waals surface area contributed by atoms with E-state index >= 15 is 0 Å². The van der Waals surface area contributed by atoms with Crippen LogP contribution in [0.1, 0.15) is 41.3 Å². The quantitative estimate of drug-likeness (QED) is 0.666. The fraction of sp³-hybridized carbons (Fsp3) is 0.500. The molecule has 12 heteroatoms. The van der Waals surface area contributed by atoms with E-state index in [0.29, 0.717) is 23.2 Å². The van der Waals surface area contributed by atoms with Gasteiger partial charge in [0.15, 0.2) is 5.17 Å². The summed E-state index contributed by atoms with van der Waals surface area (Å²) in [6.45, 7) is 3.11. The highest BCUT2D eigenvalue weighted by molar-refractivity contribution is 8.13. The number of fused-ring (bicyclic) bond motifs is 1. The van der Waals surface area contributed by atoms with E-state index in [4.69, 9.17) is 15.5 Å². The summed E-state index contributed by atoms with van der Waals surface area (Å²) in [6, 6.07) is 1.34. The molecule has 172 valence electrons. The number of carbonyl (C=O) groups is 1. The summed E-state index contributed by atoms with van der Waals surface area (Å²) in [7, 11) is 0. The lowest BCUT2D eigenvalue weighted by Gasteiger charge is -2.47. The normalized spacial score (nSPS) is 24.6. The van der Waals surface area contributed by atoms with Gasteiger partial charge in [-0.3, -0.25) is 4.79 Å². The SMILES string of the molecule is Cc1cc(OC(F)F)cnc1C(=O)Nc1csc([C@]23COC(C)(C)C[C@H]2CSC(N)=N3)n1. The summed E-state index contributed by atoms with van der Waals surface area (Å²) >= 11 is 2.92. The van der Waals surface area contributed by atoms with E-state index in [9.17, 15) is 13.6 Å². The Morgan fingerprint density at radius 3 is 2.94 bits per heavy atom. The van der Waals surface area contributed by atoms with Crippen LogP contribution in [0.5, 0.6) is 5.75 Å². The Kier molecular flexibility index (Phi) is 6.12. The Bertz CT molecular complexity index is 1060. The molecule has 0 bridgehead atoms. The van der Waals surface area contributed by atoms with Crippen molar-refractivity contribution >= 4 is 40.0 Å². The van der Waals surface area contributed by atoms with Crippen molar-refractivity contribution in [3.63, 3.8) is 0 Å². The maximum atomic E-state index is 12.7. The first-order valence-corrected chi connectivity index (χ1v) is 11.8. The van der Waals surface area contributed by atoms with Gasteiger partial charge >= 0.3 is 6.61 Å². The molecule has 2 aliphatic rings. The predicted molar refractivity (Wildman–Crippen MR) is 120 cm³/mol. The number of carbonyl (C=O) groups excluding carboxylic acids is 1. The lowest BCUT2D eigenvalue weighted by Crippen LogP contribution is -2.52. The van der Waals surface area contributed by atoms with E-state index in [1.54, 1.807) is 12.3 Å². The zero-order chi connectivity index (χ0) is 23.1. The van der Waals surface area contributed by atoms with Gasteiger partial charge in [0.05, 0.1) is 18.4 Å². The highest BCUT2D eigenvalue weighted by atomic mass is 32.2. The summed E-state index contributed by atoms with van der Waals surface area (Å²) < 4.78 is 35.2. The Morgan fingerprint density at radius 1 is 1.44 bits per heavy atom. The average Bonchev–Trinajstić information content (AvgIpc) is 3.16. The minimum absolute atomic E-state index is 0.0938. The summed E-state index contributed by atoms with van der Waals surface area (Å²) in [5.41, 5.74) is 5.61. The standard InChI is InChI=1S/C20H23F2N5O3S2/c1-10-4-12(30-17(21)22)6-24-14(10)15(28)25-13-8-31-16(26-13)20-9-29-19(2,3)5-11(20)7-32-18(23)27-20/h4,6,8,11,17H,5,7,9H2,1-3H3,(H2,23,27)(H,25,28)/t11-,20-/m0/s1. The monoisotopic (exact) mass is 483 g/mol. The number of nitrogens with two attached hydrogens (primary N) is 1. The van der Waals surface area contributed by atoms with Crippen LogP contribution in [0.2, 0.25) is 0 Å². The lowest BCUT2D eigenvalue weighted by molar-refractivity contribution is -0.109. The highest BCUT2D eigenvalue weighted by Gasteiger charge is 2.52. The Labute approximate surface area is 192 Å². The van der Waals surface area contributed by atoms with Crippen molar-refractivity contribution in [1.29, 1.82) is 0 Å². The number of thioether (sulfide) groups is 1. The van der Waals surface area contributed by atoms with Crippen LogP contribution in [0.4, 0.5) is 14.6 Å². The van der Waals surface area contributed by atoms with Gasteiger partial charge in [-0.1, -0.05) is 11.8 Å². The molecule has 3 N–H and O–H groups in total. The van der Waals surface area contributed by atoms with Gasteiger partial charge in [0.2, 0.25) is 0 Å². The number of aryl methyl sites for hydroxylation is 1. The highest BCUT2D eigenvalue weighted by Crippen LogP contribution is 2.49. The lowest BCUT2D eigenvalue weighted by atomic mass is 9.77. The number of aliphatic imine (C=N–C) groups is 1. The number of ether oxygens (including phenoxy) is 2. The number of halogens is 2. The number of alkyl halides is 2. The minimum atomic E-state index is -2.96. The van der Waals surface area contributed by atoms with Crippen LogP contribution in [0, 0.1) is 12.8 Å².